The highest BCUT2D eigenvalue weighted by Crippen LogP contribution is 2.23. The average molecular weight is 273 g/mol. The van der Waals surface area contributed by atoms with Crippen molar-refractivity contribution in [2.24, 2.45) is 5.92 Å². The van der Waals surface area contributed by atoms with E-state index in [1.165, 1.54) is 0 Å². The third-order valence-corrected chi connectivity index (χ3v) is 2.93. The van der Waals surface area contributed by atoms with Crippen molar-refractivity contribution in [1.29, 1.82) is 0 Å². The Morgan fingerprint density at radius 2 is 1.65 bits per heavy atom. The fourth-order valence-corrected chi connectivity index (χ4v) is 2.06. The van der Waals surface area contributed by atoms with Crippen LogP contribution in [0.5, 0.6) is 0 Å². The molecule has 1 rings (SSSR count). The van der Waals surface area contributed by atoms with Crippen LogP contribution in [0.4, 0.5) is 0 Å². The third kappa shape index (κ3) is 5.12. The number of ether oxygens (including phenoxy) is 1. The molecule has 0 aliphatic heterocycles. The second-order valence-electron chi connectivity index (χ2n) is 6.39. The summed E-state index contributed by atoms with van der Waals surface area (Å²) in [6.07, 6.45) is 0. The monoisotopic (exact) mass is 273 g/mol. The van der Waals surface area contributed by atoms with E-state index in [2.05, 4.69) is 44.5 Å². The molecular formula is C18H27NO. The van der Waals surface area contributed by atoms with Crippen molar-refractivity contribution in [2.45, 2.75) is 46.3 Å². The Hall–Kier alpha value is -1.70. The lowest BCUT2D eigenvalue weighted by Crippen LogP contribution is -2.36. The van der Waals surface area contributed by atoms with Crippen LogP contribution in [0.2, 0.25) is 0 Å². The quantitative estimate of drug-likeness (QED) is 0.765. The van der Waals surface area contributed by atoms with Gasteiger partial charge in [0.1, 0.15) is 5.60 Å². The van der Waals surface area contributed by atoms with Crippen LogP contribution in [0.1, 0.15) is 40.2 Å². The number of hydrogen-bond acceptors (Lipinski definition) is 2. The van der Waals surface area contributed by atoms with Crippen LogP contribution in [0.15, 0.2) is 49.4 Å². The molecule has 0 heterocycles. The van der Waals surface area contributed by atoms with E-state index in [0.29, 0.717) is 11.8 Å². The summed E-state index contributed by atoms with van der Waals surface area (Å²) in [7, 11) is 0. The van der Waals surface area contributed by atoms with Crippen LogP contribution >= 0.6 is 0 Å². The van der Waals surface area contributed by atoms with Crippen LogP contribution in [-0.4, -0.2) is 11.6 Å². The van der Waals surface area contributed by atoms with Crippen LogP contribution in [0, 0.1) is 5.92 Å². The van der Waals surface area contributed by atoms with E-state index >= 15 is 0 Å². The summed E-state index contributed by atoms with van der Waals surface area (Å²) < 4.78 is 5.76. The van der Waals surface area contributed by atoms with E-state index in [-0.39, 0.29) is 11.6 Å². The first kappa shape index (κ1) is 16.4. The number of benzene rings is 1. The number of hydrogen-bond donors (Lipinski definition) is 1. The summed E-state index contributed by atoms with van der Waals surface area (Å²) in [6.45, 7) is 18.6. The van der Waals surface area contributed by atoms with Crippen LogP contribution in [-0.2, 0) is 4.74 Å². The summed E-state index contributed by atoms with van der Waals surface area (Å²) in [5.74, 6) is 0.983. The number of rotatable bonds is 6. The normalized spacial score (nSPS) is 12.9. The molecule has 0 fully saturated rings. The zero-order valence-electron chi connectivity index (χ0n) is 13.4. The van der Waals surface area contributed by atoms with Gasteiger partial charge >= 0.3 is 0 Å². The van der Waals surface area contributed by atoms with Gasteiger partial charge in [0, 0.05) is 0 Å². The van der Waals surface area contributed by atoms with Gasteiger partial charge < -0.3 is 10.1 Å². The van der Waals surface area contributed by atoms with E-state index in [9.17, 15) is 0 Å². The molecular weight excluding hydrogens is 246 g/mol. The first-order chi connectivity index (χ1) is 9.20. The van der Waals surface area contributed by atoms with E-state index in [0.717, 1.165) is 11.1 Å². The van der Waals surface area contributed by atoms with Crippen molar-refractivity contribution in [1.82, 2.24) is 5.32 Å². The summed E-state index contributed by atoms with van der Waals surface area (Å²) >= 11 is 0. The predicted octanol–water partition coefficient (Wildman–Crippen LogP) is 4.60. The molecule has 2 nitrogen and oxygen atoms in total. The zero-order chi connectivity index (χ0) is 15.3. The van der Waals surface area contributed by atoms with Gasteiger partial charge in [-0.3, -0.25) is 0 Å². The van der Waals surface area contributed by atoms with Crippen molar-refractivity contribution in [2.75, 3.05) is 0 Å². The van der Waals surface area contributed by atoms with Crippen molar-refractivity contribution in [3.8, 4) is 0 Å². The molecule has 0 aromatic heterocycles. The molecule has 110 valence electrons. The minimum absolute atomic E-state index is 0.104. The van der Waals surface area contributed by atoms with Gasteiger partial charge in [-0.25, -0.2) is 0 Å². The number of nitrogens with one attached hydrogen (secondary N) is 1. The SMILES string of the molecule is C=C(NC(C(=C)c1ccccc1)C(C)C)OC(C)(C)C. The fraction of sp³-hybridized carbons (Fsp3) is 0.444. The Morgan fingerprint density at radius 1 is 1.10 bits per heavy atom. The lowest BCUT2D eigenvalue weighted by molar-refractivity contribution is 0.0387. The highest BCUT2D eigenvalue weighted by Gasteiger charge is 2.21. The van der Waals surface area contributed by atoms with Crippen LogP contribution in [0.3, 0.4) is 0 Å². The molecule has 0 aliphatic rings. The van der Waals surface area contributed by atoms with Gasteiger partial charge in [-0.1, -0.05) is 50.8 Å². The van der Waals surface area contributed by atoms with E-state index in [1.54, 1.807) is 0 Å². The van der Waals surface area contributed by atoms with Crippen molar-refractivity contribution < 1.29 is 4.74 Å². The Kier molecular flexibility index (Phi) is 5.43. The summed E-state index contributed by atoms with van der Waals surface area (Å²) in [5.41, 5.74) is 1.95. The van der Waals surface area contributed by atoms with Gasteiger partial charge in [0.2, 0.25) is 0 Å². The maximum absolute atomic E-state index is 5.76. The Balaban J connectivity index is 2.80. The second-order valence-corrected chi connectivity index (χ2v) is 6.39. The highest BCUT2D eigenvalue weighted by atomic mass is 16.5. The molecule has 1 atom stereocenters. The molecule has 1 aromatic rings. The van der Waals surface area contributed by atoms with Crippen LogP contribution in [0.25, 0.3) is 5.57 Å². The predicted molar refractivity (Wildman–Crippen MR) is 87.2 cm³/mol. The summed E-state index contributed by atoms with van der Waals surface area (Å²) in [5, 5.41) is 3.35. The molecule has 0 amide bonds. The van der Waals surface area contributed by atoms with Gasteiger partial charge in [-0.05, 0) is 44.4 Å². The first-order valence-electron chi connectivity index (χ1n) is 7.09. The van der Waals surface area contributed by atoms with Crippen molar-refractivity contribution in [3.05, 3.63) is 54.9 Å². The average Bonchev–Trinajstić information content (AvgIpc) is 2.34. The molecule has 0 aliphatic carbocycles. The van der Waals surface area contributed by atoms with Crippen molar-refractivity contribution in [3.63, 3.8) is 0 Å². The molecule has 0 saturated carbocycles. The maximum atomic E-state index is 5.76. The Morgan fingerprint density at radius 3 is 2.10 bits per heavy atom. The molecule has 1 N–H and O–H groups in total. The fourth-order valence-electron chi connectivity index (χ4n) is 2.06. The lowest BCUT2D eigenvalue weighted by Gasteiger charge is -2.30. The Bertz CT molecular complexity index is 454. The minimum Gasteiger partial charge on any atom is -0.474 e. The molecule has 1 unspecified atom stereocenters. The Labute approximate surface area is 123 Å². The van der Waals surface area contributed by atoms with E-state index in [1.807, 2.05) is 39.0 Å². The van der Waals surface area contributed by atoms with Gasteiger partial charge in [-0.15, -0.1) is 0 Å². The van der Waals surface area contributed by atoms with Gasteiger partial charge in [-0.2, -0.15) is 0 Å². The largest absolute Gasteiger partial charge is 0.474 e. The molecule has 0 spiro atoms. The van der Waals surface area contributed by atoms with Gasteiger partial charge in [0.15, 0.2) is 5.88 Å². The molecule has 20 heavy (non-hydrogen) atoms. The minimum atomic E-state index is -0.250. The highest BCUT2D eigenvalue weighted by molar-refractivity contribution is 5.67. The summed E-state index contributed by atoms with van der Waals surface area (Å²) in [6, 6.07) is 10.3. The van der Waals surface area contributed by atoms with E-state index in [4.69, 9.17) is 4.74 Å². The molecule has 0 bridgehead atoms. The van der Waals surface area contributed by atoms with Gasteiger partial charge in [0.05, 0.1) is 6.04 Å². The molecule has 2 heteroatoms. The molecule has 1 aromatic carbocycles. The third-order valence-electron chi connectivity index (χ3n) is 2.93. The van der Waals surface area contributed by atoms with Crippen molar-refractivity contribution >= 4 is 5.57 Å². The first-order valence-corrected chi connectivity index (χ1v) is 7.09. The summed E-state index contributed by atoms with van der Waals surface area (Å²) in [4.78, 5) is 0. The topological polar surface area (TPSA) is 21.3 Å². The lowest BCUT2D eigenvalue weighted by atomic mass is 9.92. The standard InChI is InChI=1S/C18H27NO/c1-13(2)17(19-15(4)20-18(5,6)7)14(3)16-11-9-8-10-12-16/h8-13,17,19H,3-4H2,1-2,5-7H3. The smallest absolute Gasteiger partial charge is 0.180 e. The second kappa shape index (κ2) is 6.65. The van der Waals surface area contributed by atoms with Gasteiger partial charge in [0.25, 0.3) is 0 Å². The maximum Gasteiger partial charge on any atom is 0.180 e. The van der Waals surface area contributed by atoms with E-state index < -0.39 is 0 Å². The zero-order valence-corrected chi connectivity index (χ0v) is 13.4. The molecule has 0 radical (unpaired) electrons. The van der Waals surface area contributed by atoms with Crippen LogP contribution < -0.4 is 5.32 Å². The molecule has 0 saturated heterocycles.